The van der Waals surface area contributed by atoms with Crippen molar-refractivity contribution in [3.63, 3.8) is 0 Å². The normalized spacial score (nSPS) is 11.8. The van der Waals surface area contributed by atoms with Crippen LogP contribution in [0.5, 0.6) is 11.5 Å². The van der Waals surface area contributed by atoms with Crippen LogP contribution in [0.25, 0.3) is 0 Å². The van der Waals surface area contributed by atoms with E-state index in [0.717, 1.165) is 25.3 Å². The Labute approximate surface area is 254 Å². The number of unbranched alkanes of at least 4 members (excludes halogenated alkanes) is 1. The maximum Gasteiger partial charge on any atom is 0.375 e. The number of amides is 1. The van der Waals surface area contributed by atoms with E-state index in [-0.39, 0.29) is 17.4 Å². The van der Waals surface area contributed by atoms with E-state index < -0.39 is 23.1 Å². The lowest BCUT2D eigenvalue weighted by atomic mass is 10.1. The highest BCUT2D eigenvalue weighted by molar-refractivity contribution is 6.05. The van der Waals surface area contributed by atoms with E-state index in [2.05, 4.69) is 17.4 Å². The van der Waals surface area contributed by atoms with Crippen LogP contribution in [0.1, 0.15) is 70.3 Å². The molecule has 0 spiro atoms. The van der Waals surface area contributed by atoms with Crippen molar-refractivity contribution in [3.05, 3.63) is 102 Å². The van der Waals surface area contributed by atoms with E-state index in [0.29, 0.717) is 23.6 Å². The second kappa shape index (κ2) is 15.0. The number of anilines is 1. The zero-order valence-electron chi connectivity index (χ0n) is 25.8. The Morgan fingerprint density at radius 3 is 2.02 bits per heavy atom. The third kappa shape index (κ3) is 12.0. The topological polar surface area (TPSA) is 100 Å². The van der Waals surface area contributed by atoms with Gasteiger partial charge in [0.25, 0.3) is 5.91 Å². The average Bonchev–Trinajstić information content (AvgIpc) is 2.92. The molecular weight excluding hydrogens is 546 g/mol. The van der Waals surface area contributed by atoms with Gasteiger partial charge >= 0.3 is 11.9 Å². The van der Waals surface area contributed by atoms with Crippen LogP contribution < -0.4 is 14.8 Å². The Hall–Kier alpha value is -4.59. The van der Waals surface area contributed by atoms with E-state index in [4.69, 9.17) is 18.9 Å². The van der Waals surface area contributed by atoms with Crippen LogP contribution in [0.3, 0.4) is 0 Å². The Morgan fingerprint density at radius 2 is 1.37 bits per heavy atom. The smallest absolute Gasteiger partial charge is 0.375 e. The van der Waals surface area contributed by atoms with Crippen molar-refractivity contribution in [2.45, 2.75) is 72.0 Å². The van der Waals surface area contributed by atoms with Crippen molar-refractivity contribution in [2.24, 2.45) is 0 Å². The van der Waals surface area contributed by atoms with Gasteiger partial charge in [-0.25, -0.2) is 9.59 Å². The number of carbonyl (C=O) groups is 3. The summed E-state index contributed by atoms with van der Waals surface area (Å²) in [5.41, 5.74) is 0.401. The third-order valence-corrected chi connectivity index (χ3v) is 5.70. The lowest BCUT2D eigenvalue weighted by Crippen LogP contribution is -2.28. The zero-order chi connectivity index (χ0) is 31.5. The maximum atomic E-state index is 13.1. The average molecular weight is 588 g/mol. The molecule has 0 atom stereocenters. The van der Waals surface area contributed by atoms with Gasteiger partial charge in [0.05, 0.1) is 18.4 Å². The molecule has 0 saturated carbocycles. The molecule has 0 aliphatic heterocycles. The van der Waals surface area contributed by atoms with Crippen LogP contribution >= 0.6 is 0 Å². The van der Waals surface area contributed by atoms with Crippen molar-refractivity contribution in [1.29, 1.82) is 0 Å². The number of nitrogens with one attached hydrogen (secondary N) is 1. The second-order valence-corrected chi connectivity index (χ2v) is 11.9. The quantitative estimate of drug-likeness (QED) is 0.103. The number of hydrogen-bond donors (Lipinski definition) is 1. The van der Waals surface area contributed by atoms with Crippen LogP contribution in [-0.4, -0.2) is 35.7 Å². The van der Waals surface area contributed by atoms with Crippen molar-refractivity contribution in [1.82, 2.24) is 0 Å². The molecule has 0 radical (unpaired) electrons. The molecule has 8 heteroatoms. The fourth-order valence-corrected chi connectivity index (χ4v) is 3.84. The summed E-state index contributed by atoms with van der Waals surface area (Å²) >= 11 is 0. The van der Waals surface area contributed by atoms with Gasteiger partial charge in [0.1, 0.15) is 17.0 Å². The first-order valence-electron chi connectivity index (χ1n) is 14.3. The molecular formula is C35H41NO7. The fourth-order valence-electron chi connectivity index (χ4n) is 3.84. The number of hydrogen-bond acceptors (Lipinski definition) is 7. The first-order valence-corrected chi connectivity index (χ1v) is 14.3. The maximum absolute atomic E-state index is 13.1. The van der Waals surface area contributed by atoms with Crippen LogP contribution in [0.15, 0.2) is 90.7 Å². The van der Waals surface area contributed by atoms with Gasteiger partial charge in [0.15, 0.2) is 5.75 Å². The van der Waals surface area contributed by atoms with E-state index in [1.54, 1.807) is 90.1 Å². The van der Waals surface area contributed by atoms with E-state index >= 15 is 0 Å². The van der Waals surface area contributed by atoms with Crippen LogP contribution in [-0.2, 0) is 25.5 Å². The molecule has 0 aliphatic carbocycles. The Balaban J connectivity index is 1.64. The largest absolute Gasteiger partial charge is 0.494 e. The Morgan fingerprint density at radius 1 is 0.744 bits per heavy atom. The lowest BCUT2D eigenvalue weighted by molar-refractivity contribution is -0.154. The molecule has 8 nitrogen and oxygen atoms in total. The lowest BCUT2D eigenvalue weighted by Gasteiger charge is -2.22. The summed E-state index contributed by atoms with van der Waals surface area (Å²) in [6.45, 7) is 10.8. The summed E-state index contributed by atoms with van der Waals surface area (Å²) in [5, 5.41) is 2.81. The predicted molar refractivity (Wildman–Crippen MR) is 166 cm³/mol. The minimum atomic E-state index is -0.852. The molecule has 0 unspecified atom stereocenters. The molecule has 1 N–H and O–H groups in total. The van der Waals surface area contributed by atoms with Crippen molar-refractivity contribution >= 4 is 23.5 Å². The van der Waals surface area contributed by atoms with Gasteiger partial charge in [0, 0.05) is 5.56 Å². The van der Waals surface area contributed by atoms with Gasteiger partial charge < -0.3 is 24.3 Å². The first kappa shape index (κ1) is 32.9. The Kier molecular flexibility index (Phi) is 11.5. The van der Waals surface area contributed by atoms with Gasteiger partial charge in [-0.3, -0.25) is 4.79 Å². The van der Waals surface area contributed by atoms with Crippen LogP contribution in [0, 0.1) is 0 Å². The molecule has 3 rings (SSSR count). The van der Waals surface area contributed by atoms with Gasteiger partial charge in [-0.15, -0.1) is 0 Å². The summed E-state index contributed by atoms with van der Waals surface area (Å²) in [7, 11) is 0. The number of rotatable bonds is 12. The molecule has 3 aromatic rings. The van der Waals surface area contributed by atoms with E-state index in [9.17, 15) is 14.4 Å². The molecule has 0 saturated heterocycles. The van der Waals surface area contributed by atoms with Crippen LogP contribution in [0.2, 0.25) is 0 Å². The molecule has 0 aliphatic rings. The molecule has 3 aromatic carbocycles. The highest BCUT2D eigenvalue weighted by atomic mass is 16.6. The van der Waals surface area contributed by atoms with Crippen LogP contribution in [0.4, 0.5) is 5.69 Å². The molecule has 228 valence electrons. The van der Waals surface area contributed by atoms with Gasteiger partial charge in [-0.2, -0.15) is 0 Å². The highest BCUT2D eigenvalue weighted by Gasteiger charge is 2.25. The minimum absolute atomic E-state index is 0.145. The monoisotopic (exact) mass is 587 g/mol. The van der Waals surface area contributed by atoms with Crippen molar-refractivity contribution < 1.29 is 33.3 Å². The molecule has 1 amide bonds. The number of aryl methyl sites for hydroxylation is 1. The van der Waals surface area contributed by atoms with Gasteiger partial charge in [0.2, 0.25) is 5.76 Å². The summed E-state index contributed by atoms with van der Waals surface area (Å²) in [6.07, 6.45) is 3.89. The number of carbonyl (C=O) groups excluding carboxylic acids is 3. The molecule has 0 aromatic heterocycles. The van der Waals surface area contributed by atoms with E-state index in [1.807, 2.05) is 18.2 Å². The summed E-state index contributed by atoms with van der Waals surface area (Å²) in [4.78, 5) is 38.5. The molecule has 0 heterocycles. The third-order valence-electron chi connectivity index (χ3n) is 5.70. The number of para-hydroxylation sites is 2. The predicted octanol–water partition coefficient (Wildman–Crippen LogP) is 7.29. The zero-order valence-corrected chi connectivity index (χ0v) is 25.8. The van der Waals surface area contributed by atoms with Gasteiger partial charge in [-0.1, -0.05) is 42.5 Å². The summed E-state index contributed by atoms with van der Waals surface area (Å²) in [6, 6.07) is 23.8. The minimum Gasteiger partial charge on any atom is -0.494 e. The second-order valence-electron chi connectivity index (χ2n) is 11.9. The summed E-state index contributed by atoms with van der Waals surface area (Å²) in [5.74, 6) is -1.57. The molecule has 0 fully saturated rings. The number of ether oxygens (including phenoxy) is 4. The highest BCUT2D eigenvalue weighted by Crippen LogP contribution is 2.28. The molecule has 0 bridgehead atoms. The number of benzene rings is 3. The standard InChI is InChI=1S/C35H41NO7/c1-34(2,3)42-31(37)24-30(33(39)43-35(4,5)6)41-29-18-11-10-17-28(29)36-32(38)26-19-21-27(22-20-26)40-23-13-12-16-25-14-8-7-9-15-25/h7-11,14-15,17-22,24H,12-13,16,23H2,1-6H3,(H,36,38)/b30-24+. The Bertz CT molecular complexity index is 1400. The van der Waals surface area contributed by atoms with Crippen molar-refractivity contribution in [3.8, 4) is 11.5 Å². The van der Waals surface area contributed by atoms with Gasteiger partial charge in [-0.05, 0) is 103 Å². The number of esters is 2. The SMILES string of the molecule is CC(C)(C)OC(=O)/C=C(/Oc1ccccc1NC(=O)c1ccc(OCCCCc2ccccc2)cc1)C(=O)OC(C)(C)C. The fraction of sp³-hybridized carbons (Fsp3) is 0.343. The molecule has 43 heavy (non-hydrogen) atoms. The first-order chi connectivity index (χ1) is 20.3. The van der Waals surface area contributed by atoms with E-state index in [1.165, 1.54) is 5.56 Å². The summed E-state index contributed by atoms with van der Waals surface area (Å²) < 4.78 is 22.4. The van der Waals surface area contributed by atoms with Crippen molar-refractivity contribution in [2.75, 3.05) is 11.9 Å².